The topological polar surface area (TPSA) is 61.8 Å². The van der Waals surface area contributed by atoms with Crippen molar-refractivity contribution in [2.45, 2.75) is 33.2 Å². The average molecular weight is 287 g/mol. The number of hydrogen-bond acceptors (Lipinski definition) is 3. The van der Waals surface area contributed by atoms with Gasteiger partial charge in [-0.05, 0) is 33.8 Å². The molecule has 0 saturated carbocycles. The number of carbonyl (C=O) groups excluding carboxylic acids is 2. The molecule has 0 fully saturated rings. The first-order valence-corrected chi connectivity index (χ1v) is 7.00. The highest BCUT2D eigenvalue weighted by molar-refractivity contribution is 6.12. The van der Waals surface area contributed by atoms with Crippen LogP contribution in [0.2, 0.25) is 0 Å². The molecule has 2 amide bonds. The Morgan fingerprint density at radius 1 is 1.33 bits per heavy atom. The van der Waals surface area contributed by atoms with Crippen molar-refractivity contribution in [1.29, 1.82) is 0 Å². The van der Waals surface area contributed by atoms with Crippen molar-refractivity contribution in [3.05, 3.63) is 29.8 Å². The standard InChI is InChI=1S/C16H21N3O2/c1-11-12-7-5-6-8-13(12)19(15(21)9-17-11)10-14(20)18-16(2,3)4/h5-8H,9-10H2,1-4H3,(H,18,20). The monoisotopic (exact) mass is 287 g/mol. The highest BCUT2D eigenvalue weighted by Crippen LogP contribution is 2.23. The molecule has 5 nitrogen and oxygen atoms in total. The fraction of sp³-hybridized carbons (Fsp3) is 0.438. The van der Waals surface area contributed by atoms with Gasteiger partial charge < -0.3 is 10.2 Å². The number of benzodiazepines with no additional fused rings is 1. The van der Waals surface area contributed by atoms with Gasteiger partial charge in [0.25, 0.3) is 0 Å². The van der Waals surface area contributed by atoms with Crippen molar-refractivity contribution in [3.63, 3.8) is 0 Å². The number of carbonyl (C=O) groups is 2. The van der Waals surface area contributed by atoms with Crippen LogP contribution in [0.4, 0.5) is 5.69 Å². The number of anilines is 1. The summed E-state index contributed by atoms with van der Waals surface area (Å²) in [6, 6.07) is 7.53. The molecule has 21 heavy (non-hydrogen) atoms. The van der Waals surface area contributed by atoms with Gasteiger partial charge in [-0.25, -0.2) is 0 Å². The number of benzene rings is 1. The predicted molar refractivity (Wildman–Crippen MR) is 83.8 cm³/mol. The van der Waals surface area contributed by atoms with Gasteiger partial charge in [-0.2, -0.15) is 0 Å². The van der Waals surface area contributed by atoms with Gasteiger partial charge in [-0.15, -0.1) is 0 Å². The van der Waals surface area contributed by atoms with Crippen LogP contribution in [0.25, 0.3) is 0 Å². The van der Waals surface area contributed by atoms with E-state index in [4.69, 9.17) is 0 Å². The van der Waals surface area contributed by atoms with E-state index in [1.807, 2.05) is 52.0 Å². The Kier molecular flexibility index (Phi) is 4.11. The largest absolute Gasteiger partial charge is 0.350 e. The molecule has 1 aromatic carbocycles. The second-order valence-corrected chi connectivity index (χ2v) is 6.20. The fourth-order valence-electron chi connectivity index (χ4n) is 2.28. The molecule has 0 bridgehead atoms. The van der Waals surface area contributed by atoms with E-state index in [0.717, 1.165) is 17.0 Å². The summed E-state index contributed by atoms with van der Waals surface area (Å²) in [4.78, 5) is 30.2. The summed E-state index contributed by atoms with van der Waals surface area (Å²) >= 11 is 0. The Hall–Kier alpha value is -2.17. The Labute approximate surface area is 125 Å². The molecular weight excluding hydrogens is 266 g/mol. The zero-order valence-corrected chi connectivity index (χ0v) is 12.9. The minimum absolute atomic E-state index is 0.00984. The lowest BCUT2D eigenvalue weighted by atomic mass is 10.1. The summed E-state index contributed by atoms with van der Waals surface area (Å²) in [5.74, 6) is -0.339. The molecule has 1 heterocycles. The molecule has 1 N–H and O–H groups in total. The van der Waals surface area contributed by atoms with Crippen LogP contribution >= 0.6 is 0 Å². The van der Waals surface area contributed by atoms with E-state index in [-0.39, 0.29) is 30.4 Å². The molecule has 1 aromatic rings. The minimum Gasteiger partial charge on any atom is -0.350 e. The Balaban J connectivity index is 2.29. The third-order valence-corrected chi connectivity index (χ3v) is 3.15. The molecule has 0 atom stereocenters. The van der Waals surface area contributed by atoms with E-state index in [2.05, 4.69) is 10.3 Å². The molecule has 0 radical (unpaired) electrons. The first-order chi connectivity index (χ1) is 9.78. The highest BCUT2D eigenvalue weighted by Gasteiger charge is 2.25. The normalized spacial score (nSPS) is 15.1. The van der Waals surface area contributed by atoms with Crippen LogP contribution < -0.4 is 10.2 Å². The number of rotatable bonds is 2. The maximum atomic E-state index is 12.3. The van der Waals surface area contributed by atoms with Crippen LogP contribution in [-0.4, -0.2) is 36.2 Å². The smallest absolute Gasteiger partial charge is 0.249 e. The summed E-state index contributed by atoms with van der Waals surface area (Å²) in [5, 5.41) is 2.88. The van der Waals surface area contributed by atoms with E-state index in [0.29, 0.717) is 0 Å². The summed E-state index contributed by atoms with van der Waals surface area (Å²) < 4.78 is 0. The van der Waals surface area contributed by atoms with E-state index >= 15 is 0 Å². The number of amides is 2. The van der Waals surface area contributed by atoms with E-state index < -0.39 is 0 Å². The maximum Gasteiger partial charge on any atom is 0.249 e. The van der Waals surface area contributed by atoms with Crippen LogP contribution in [0.15, 0.2) is 29.3 Å². The first-order valence-electron chi connectivity index (χ1n) is 7.00. The lowest BCUT2D eigenvalue weighted by molar-refractivity contribution is -0.124. The average Bonchev–Trinajstić information content (AvgIpc) is 2.49. The maximum absolute atomic E-state index is 12.3. The van der Waals surface area contributed by atoms with Crippen LogP contribution in [-0.2, 0) is 9.59 Å². The number of aliphatic imine (C=N–C) groups is 1. The van der Waals surface area contributed by atoms with Crippen LogP contribution in [0, 0.1) is 0 Å². The van der Waals surface area contributed by atoms with Gasteiger partial charge in [0.1, 0.15) is 13.1 Å². The molecule has 1 aliphatic heterocycles. The summed E-state index contributed by atoms with van der Waals surface area (Å²) in [7, 11) is 0. The lowest BCUT2D eigenvalue weighted by Gasteiger charge is -2.26. The Bertz CT molecular complexity index is 600. The number of fused-ring (bicyclic) bond motifs is 1. The predicted octanol–water partition coefficient (Wildman–Crippen LogP) is 1.76. The van der Waals surface area contributed by atoms with Gasteiger partial charge >= 0.3 is 0 Å². The van der Waals surface area contributed by atoms with Gasteiger partial charge in [0.2, 0.25) is 11.8 Å². The van der Waals surface area contributed by atoms with Gasteiger partial charge in [-0.1, -0.05) is 18.2 Å². The zero-order valence-electron chi connectivity index (χ0n) is 12.9. The van der Waals surface area contributed by atoms with E-state index in [1.165, 1.54) is 4.90 Å². The first kappa shape index (κ1) is 15.2. The second-order valence-electron chi connectivity index (χ2n) is 6.20. The van der Waals surface area contributed by atoms with Crippen molar-refractivity contribution in [2.75, 3.05) is 18.0 Å². The van der Waals surface area contributed by atoms with Crippen LogP contribution in [0.3, 0.4) is 0 Å². The van der Waals surface area contributed by atoms with E-state index in [9.17, 15) is 9.59 Å². The molecule has 5 heteroatoms. The van der Waals surface area contributed by atoms with E-state index in [1.54, 1.807) is 0 Å². The zero-order chi connectivity index (χ0) is 15.6. The molecule has 0 unspecified atom stereocenters. The van der Waals surface area contributed by atoms with Crippen molar-refractivity contribution in [2.24, 2.45) is 4.99 Å². The second kappa shape index (κ2) is 5.68. The van der Waals surface area contributed by atoms with Gasteiger partial charge in [0.15, 0.2) is 0 Å². The quantitative estimate of drug-likeness (QED) is 0.901. The minimum atomic E-state index is -0.322. The lowest BCUT2D eigenvalue weighted by Crippen LogP contribution is -2.48. The number of nitrogens with one attached hydrogen (secondary N) is 1. The summed E-state index contributed by atoms with van der Waals surface area (Å²) in [6.45, 7) is 7.70. The molecule has 0 saturated heterocycles. The molecule has 0 aliphatic carbocycles. The van der Waals surface area contributed by atoms with Crippen molar-refractivity contribution in [3.8, 4) is 0 Å². The Morgan fingerprint density at radius 2 is 2.00 bits per heavy atom. The molecule has 1 aliphatic rings. The molecule has 0 aromatic heterocycles. The van der Waals surface area contributed by atoms with Gasteiger partial charge in [0.05, 0.1) is 5.69 Å². The van der Waals surface area contributed by atoms with Gasteiger partial charge in [0, 0.05) is 16.8 Å². The number of para-hydroxylation sites is 1. The SMILES string of the molecule is CC1=NCC(=O)N(CC(=O)NC(C)(C)C)c2ccccc21. The molecule has 0 spiro atoms. The third kappa shape index (κ3) is 3.68. The van der Waals surface area contributed by atoms with Crippen LogP contribution in [0.5, 0.6) is 0 Å². The number of nitrogens with zero attached hydrogens (tertiary/aromatic N) is 2. The van der Waals surface area contributed by atoms with Gasteiger partial charge in [-0.3, -0.25) is 14.6 Å². The van der Waals surface area contributed by atoms with Crippen molar-refractivity contribution < 1.29 is 9.59 Å². The molecule has 112 valence electrons. The highest BCUT2D eigenvalue weighted by atomic mass is 16.2. The summed E-state index contributed by atoms with van der Waals surface area (Å²) in [5.41, 5.74) is 2.13. The third-order valence-electron chi connectivity index (χ3n) is 3.15. The number of hydrogen-bond donors (Lipinski definition) is 1. The molecule has 2 rings (SSSR count). The molecular formula is C16H21N3O2. The van der Waals surface area contributed by atoms with Crippen LogP contribution in [0.1, 0.15) is 33.3 Å². The Morgan fingerprint density at radius 3 is 2.67 bits per heavy atom. The summed E-state index contributed by atoms with van der Waals surface area (Å²) in [6.07, 6.45) is 0. The van der Waals surface area contributed by atoms with Crippen molar-refractivity contribution >= 4 is 23.2 Å². The van der Waals surface area contributed by atoms with Crippen molar-refractivity contribution in [1.82, 2.24) is 5.32 Å². The fourth-order valence-corrected chi connectivity index (χ4v) is 2.28.